The smallest absolute Gasteiger partial charge is 0.257 e. The number of carbonyl (C=O) groups is 2. The number of thiazole rings is 1. The molecule has 0 spiro atoms. The van der Waals surface area contributed by atoms with Crippen molar-refractivity contribution in [1.82, 2.24) is 4.98 Å². The van der Waals surface area contributed by atoms with E-state index in [0.29, 0.717) is 28.6 Å². The highest BCUT2D eigenvalue weighted by Crippen LogP contribution is 2.32. The average Bonchev–Trinajstić information content (AvgIpc) is 3.26. The van der Waals surface area contributed by atoms with Crippen LogP contribution in [0.1, 0.15) is 30.1 Å². The summed E-state index contributed by atoms with van der Waals surface area (Å²) < 4.78 is 7.31. The van der Waals surface area contributed by atoms with Crippen LogP contribution in [0.4, 0.5) is 11.4 Å². The normalized spacial score (nSPS) is 10.9. The van der Waals surface area contributed by atoms with Gasteiger partial charge in [-0.05, 0) is 67.1 Å². The van der Waals surface area contributed by atoms with Crippen LogP contribution in [0.25, 0.3) is 10.2 Å². The number of carbonyl (C=O) groups excluding carboxylic acids is 2. The van der Waals surface area contributed by atoms with E-state index in [1.54, 1.807) is 18.2 Å². The van der Waals surface area contributed by atoms with E-state index in [-0.39, 0.29) is 22.6 Å². The third-order valence-electron chi connectivity index (χ3n) is 5.03. The van der Waals surface area contributed by atoms with Gasteiger partial charge in [-0.3, -0.25) is 9.59 Å². The molecule has 0 radical (unpaired) electrons. The van der Waals surface area contributed by atoms with Gasteiger partial charge in [-0.2, -0.15) is 0 Å². The van der Waals surface area contributed by atoms with Gasteiger partial charge in [-0.1, -0.05) is 48.3 Å². The second kappa shape index (κ2) is 12.5. The van der Waals surface area contributed by atoms with Gasteiger partial charge in [-0.25, -0.2) is 4.98 Å². The SMILES string of the molecule is CCCCOc1ccc(NC(=O)CSc2nc3ccc(NC(=O)c4ccc(Cl)cc4Cl)cc3s2)cc1. The Hall–Kier alpha value is -2.78. The van der Waals surface area contributed by atoms with E-state index in [1.807, 2.05) is 36.4 Å². The maximum absolute atomic E-state index is 12.6. The third kappa shape index (κ3) is 7.13. The zero-order valence-corrected chi connectivity index (χ0v) is 22.5. The monoisotopic (exact) mass is 559 g/mol. The zero-order valence-electron chi connectivity index (χ0n) is 19.3. The van der Waals surface area contributed by atoms with Crippen LogP contribution < -0.4 is 15.4 Å². The van der Waals surface area contributed by atoms with E-state index in [1.165, 1.54) is 29.2 Å². The van der Waals surface area contributed by atoms with E-state index in [4.69, 9.17) is 27.9 Å². The number of thioether (sulfide) groups is 1. The maximum Gasteiger partial charge on any atom is 0.257 e. The van der Waals surface area contributed by atoms with Crippen LogP contribution in [0.5, 0.6) is 5.75 Å². The first-order valence-corrected chi connectivity index (χ1v) is 13.8. The van der Waals surface area contributed by atoms with Crippen molar-refractivity contribution < 1.29 is 14.3 Å². The number of halogens is 2. The van der Waals surface area contributed by atoms with Crippen LogP contribution in [0.3, 0.4) is 0 Å². The number of hydrogen-bond donors (Lipinski definition) is 2. The summed E-state index contributed by atoms with van der Waals surface area (Å²) >= 11 is 14.9. The molecule has 0 bridgehead atoms. The Morgan fingerprint density at radius 1 is 1.00 bits per heavy atom. The van der Waals surface area contributed by atoms with Crippen LogP contribution in [0.2, 0.25) is 10.0 Å². The molecule has 2 amide bonds. The molecule has 0 aliphatic carbocycles. The molecule has 0 aliphatic heterocycles. The molecule has 186 valence electrons. The standard InChI is InChI=1S/C26H23Cl2N3O3S2/c1-2-3-12-34-19-8-5-17(6-9-19)29-24(32)15-35-26-31-22-11-7-18(14-23(22)36-26)30-25(33)20-10-4-16(27)13-21(20)28/h4-11,13-14H,2-3,12,15H2,1H3,(H,29,32)(H,30,33). The summed E-state index contributed by atoms with van der Waals surface area (Å²) in [5, 5.41) is 6.49. The number of hydrogen-bond acceptors (Lipinski definition) is 6. The van der Waals surface area contributed by atoms with Crippen molar-refractivity contribution >= 4 is 79.7 Å². The lowest BCUT2D eigenvalue weighted by Crippen LogP contribution is -2.13. The fourth-order valence-electron chi connectivity index (χ4n) is 3.21. The van der Waals surface area contributed by atoms with Crippen LogP contribution >= 0.6 is 46.3 Å². The average molecular weight is 561 g/mol. The fraction of sp³-hybridized carbons (Fsp3) is 0.192. The molecule has 0 unspecified atom stereocenters. The highest BCUT2D eigenvalue weighted by molar-refractivity contribution is 8.01. The zero-order chi connectivity index (χ0) is 25.5. The molecule has 4 aromatic rings. The molecule has 3 aromatic carbocycles. The number of nitrogens with zero attached hydrogens (tertiary/aromatic N) is 1. The number of rotatable bonds is 10. The Bertz CT molecular complexity index is 1380. The first-order valence-electron chi connectivity index (χ1n) is 11.2. The molecule has 6 nitrogen and oxygen atoms in total. The van der Waals surface area contributed by atoms with E-state index in [9.17, 15) is 9.59 Å². The van der Waals surface area contributed by atoms with Crippen molar-refractivity contribution in [1.29, 1.82) is 0 Å². The molecule has 10 heteroatoms. The highest BCUT2D eigenvalue weighted by atomic mass is 35.5. The minimum absolute atomic E-state index is 0.119. The van der Waals surface area contributed by atoms with Crippen molar-refractivity contribution in [3.8, 4) is 5.75 Å². The Morgan fingerprint density at radius 2 is 1.78 bits per heavy atom. The van der Waals surface area contributed by atoms with Gasteiger partial charge in [-0.15, -0.1) is 11.3 Å². The van der Waals surface area contributed by atoms with Crippen LogP contribution in [-0.2, 0) is 4.79 Å². The summed E-state index contributed by atoms with van der Waals surface area (Å²) in [7, 11) is 0. The van der Waals surface area contributed by atoms with Gasteiger partial charge in [0.05, 0.1) is 33.2 Å². The highest BCUT2D eigenvalue weighted by Gasteiger charge is 2.13. The summed E-state index contributed by atoms with van der Waals surface area (Å²) in [5.41, 5.74) is 2.47. The van der Waals surface area contributed by atoms with Gasteiger partial charge in [0.15, 0.2) is 4.34 Å². The second-order valence-electron chi connectivity index (χ2n) is 7.80. The Kier molecular flexibility index (Phi) is 9.09. The van der Waals surface area contributed by atoms with E-state index in [0.717, 1.165) is 33.1 Å². The van der Waals surface area contributed by atoms with Gasteiger partial charge < -0.3 is 15.4 Å². The molecular formula is C26H23Cl2N3O3S2. The number of aromatic nitrogens is 1. The number of unbranched alkanes of at least 4 members (excludes halogenated alkanes) is 1. The molecule has 1 aromatic heterocycles. The van der Waals surface area contributed by atoms with Crippen LogP contribution in [0.15, 0.2) is 65.0 Å². The first kappa shape index (κ1) is 26.3. The molecule has 2 N–H and O–H groups in total. The second-order valence-corrected chi connectivity index (χ2v) is 10.9. The van der Waals surface area contributed by atoms with Gasteiger partial charge in [0.25, 0.3) is 5.91 Å². The molecule has 0 fully saturated rings. The first-order chi connectivity index (χ1) is 17.4. The Balaban J connectivity index is 1.32. The molecule has 0 saturated heterocycles. The predicted octanol–water partition coefficient (Wildman–Crippen LogP) is 7.77. The van der Waals surface area contributed by atoms with Gasteiger partial charge in [0.1, 0.15) is 5.75 Å². The fourth-order valence-corrected chi connectivity index (χ4v) is 5.61. The molecular weight excluding hydrogens is 537 g/mol. The molecule has 36 heavy (non-hydrogen) atoms. The molecule has 0 aliphatic rings. The topological polar surface area (TPSA) is 80.3 Å². The molecule has 0 atom stereocenters. The van der Waals surface area contributed by atoms with E-state index in [2.05, 4.69) is 22.5 Å². The summed E-state index contributed by atoms with van der Waals surface area (Å²) in [5.74, 6) is 0.573. The number of ether oxygens (including phenoxy) is 1. The summed E-state index contributed by atoms with van der Waals surface area (Å²) in [6.45, 7) is 2.80. The lowest BCUT2D eigenvalue weighted by atomic mass is 10.2. The van der Waals surface area contributed by atoms with Crippen molar-refractivity contribution in [2.75, 3.05) is 23.0 Å². The lowest BCUT2D eigenvalue weighted by Gasteiger charge is -2.07. The number of anilines is 2. The summed E-state index contributed by atoms with van der Waals surface area (Å²) in [4.78, 5) is 29.6. The summed E-state index contributed by atoms with van der Waals surface area (Å²) in [6, 6.07) is 17.5. The van der Waals surface area contributed by atoms with Crippen molar-refractivity contribution in [2.24, 2.45) is 0 Å². The van der Waals surface area contributed by atoms with Crippen LogP contribution in [0, 0.1) is 0 Å². The van der Waals surface area contributed by atoms with E-state index < -0.39 is 0 Å². The quantitative estimate of drug-likeness (QED) is 0.153. The number of nitrogens with one attached hydrogen (secondary N) is 2. The van der Waals surface area contributed by atoms with Gasteiger partial charge in [0.2, 0.25) is 5.91 Å². The predicted molar refractivity (Wildman–Crippen MR) is 150 cm³/mol. The molecule has 0 saturated carbocycles. The minimum atomic E-state index is -0.327. The largest absolute Gasteiger partial charge is 0.494 e. The van der Waals surface area contributed by atoms with Crippen molar-refractivity contribution in [3.63, 3.8) is 0 Å². The third-order valence-corrected chi connectivity index (χ3v) is 7.74. The molecule has 4 rings (SSSR count). The summed E-state index contributed by atoms with van der Waals surface area (Å²) in [6.07, 6.45) is 2.09. The van der Waals surface area contributed by atoms with E-state index >= 15 is 0 Å². The minimum Gasteiger partial charge on any atom is -0.494 e. The van der Waals surface area contributed by atoms with Crippen molar-refractivity contribution in [2.45, 2.75) is 24.1 Å². The molecule has 1 heterocycles. The Morgan fingerprint density at radius 3 is 2.53 bits per heavy atom. The lowest BCUT2D eigenvalue weighted by molar-refractivity contribution is -0.113. The number of amides is 2. The van der Waals surface area contributed by atoms with Gasteiger partial charge >= 0.3 is 0 Å². The van der Waals surface area contributed by atoms with Crippen molar-refractivity contribution in [3.05, 3.63) is 76.3 Å². The number of fused-ring (bicyclic) bond motifs is 1. The maximum atomic E-state index is 12.6. The van der Waals surface area contributed by atoms with Crippen LogP contribution in [-0.4, -0.2) is 29.2 Å². The van der Waals surface area contributed by atoms with Gasteiger partial charge in [0, 0.05) is 16.4 Å². The Labute approximate surface area is 227 Å². The number of benzene rings is 3.